The molecule has 0 radical (unpaired) electrons. The molecular formula is C5H9ClO3S. The second-order valence-corrected chi connectivity index (χ2v) is 4.58. The van der Waals surface area contributed by atoms with E-state index in [1.54, 1.807) is 0 Å². The van der Waals surface area contributed by atoms with E-state index in [0.717, 1.165) is 6.26 Å². The molecule has 0 saturated carbocycles. The van der Waals surface area contributed by atoms with E-state index < -0.39 is 9.84 Å². The van der Waals surface area contributed by atoms with E-state index >= 15 is 0 Å². The molecule has 0 aromatic heterocycles. The standard InChI is InChI=1S/C5H9ClO3S/c1-10(8,9)3-2-5(7)4-6/h2-4H2,1H3. The smallest absolute Gasteiger partial charge is 0.148 e. The van der Waals surface area contributed by atoms with E-state index in [4.69, 9.17) is 11.6 Å². The van der Waals surface area contributed by atoms with Crippen molar-refractivity contribution in [3.05, 3.63) is 0 Å². The van der Waals surface area contributed by atoms with E-state index in [0.29, 0.717) is 0 Å². The van der Waals surface area contributed by atoms with E-state index in [1.807, 2.05) is 0 Å². The third kappa shape index (κ3) is 6.04. The minimum Gasteiger partial charge on any atom is -0.298 e. The monoisotopic (exact) mass is 184 g/mol. The van der Waals surface area contributed by atoms with Gasteiger partial charge in [-0.2, -0.15) is 0 Å². The van der Waals surface area contributed by atoms with Crippen LogP contribution in [-0.4, -0.2) is 32.1 Å². The van der Waals surface area contributed by atoms with Gasteiger partial charge in [0.25, 0.3) is 0 Å². The number of carbonyl (C=O) groups excluding carboxylic acids is 1. The molecule has 0 aliphatic rings. The van der Waals surface area contributed by atoms with Gasteiger partial charge in [-0.05, 0) is 0 Å². The van der Waals surface area contributed by atoms with Crippen LogP contribution < -0.4 is 0 Å². The van der Waals surface area contributed by atoms with Crippen LogP contribution in [-0.2, 0) is 14.6 Å². The normalized spacial score (nSPS) is 11.4. The molecule has 0 saturated heterocycles. The van der Waals surface area contributed by atoms with Gasteiger partial charge in [-0.15, -0.1) is 11.6 Å². The number of sulfone groups is 1. The topological polar surface area (TPSA) is 51.2 Å². The molecule has 0 spiro atoms. The lowest BCUT2D eigenvalue weighted by Crippen LogP contribution is -2.09. The number of carbonyl (C=O) groups is 1. The molecule has 3 nitrogen and oxygen atoms in total. The maximum absolute atomic E-state index is 10.5. The van der Waals surface area contributed by atoms with Gasteiger partial charge in [0.1, 0.15) is 15.6 Å². The Balaban J connectivity index is 3.67. The third-order valence-electron chi connectivity index (χ3n) is 0.901. The summed E-state index contributed by atoms with van der Waals surface area (Å²) in [4.78, 5) is 10.5. The van der Waals surface area contributed by atoms with Crippen LogP contribution in [0.2, 0.25) is 0 Å². The molecule has 0 aromatic carbocycles. The lowest BCUT2D eigenvalue weighted by molar-refractivity contribution is -0.116. The lowest BCUT2D eigenvalue weighted by Gasteiger charge is -1.93. The summed E-state index contributed by atoms with van der Waals surface area (Å²) in [6.45, 7) is 0. The minimum atomic E-state index is -3.01. The van der Waals surface area contributed by atoms with Gasteiger partial charge in [-0.1, -0.05) is 0 Å². The number of halogens is 1. The Morgan fingerprint density at radius 3 is 2.30 bits per heavy atom. The van der Waals surface area contributed by atoms with Gasteiger partial charge in [0.05, 0.1) is 11.6 Å². The molecule has 0 unspecified atom stereocenters. The molecule has 0 aromatic rings. The Bertz CT molecular complexity index is 207. The molecular weight excluding hydrogens is 176 g/mol. The Hall–Kier alpha value is -0.0900. The number of alkyl halides is 1. The molecule has 0 aliphatic carbocycles. The highest BCUT2D eigenvalue weighted by Gasteiger charge is 2.05. The van der Waals surface area contributed by atoms with Gasteiger partial charge in [-0.25, -0.2) is 8.42 Å². The summed E-state index contributed by atoms with van der Waals surface area (Å²) in [5, 5.41) is 0. The van der Waals surface area contributed by atoms with Crippen LogP contribution in [0.4, 0.5) is 0 Å². The summed E-state index contributed by atoms with van der Waals surface area (Å²) < 4.78 is 20.9. The maximum Gasteiger partial charge on any atom is 0.148 e. The first-order chi connectivity index (χ1) is 4.45. The molecule has 0 aliphatic heterocycles. The number of rotatable bonds is 4. The predicted molar refractivity (Wildman–Crippen MR) is 40.1 cm³/mol. The SMILES string of the molecule is CS(=O)(=O)CCC(=O)CCl. The number of hydrogen-bond acceptors (Lipinski definition) is 3. The zero-order chi connectivity index (χ0) is 8.20. The van der Waals surface area contributed by atoms with E-state index in [1.165, 1.54) is 0 Å². The number of ketones is 1. The second-order valence-electron chi connectivity index (χ2n) is 2.05. The van der Waals surface area contributed by atoms with Gasteiger partial charge < -0.3 is 0 Å². The van der Waals surface area contributed by atoms with Crippen molar-refractivity contribution >= 4 is 27.2 Å². The highest BCUT2D eigenvalue weighted by Crippen LogP contribution is 1.91. The Kier molecular flexibility index (Phi) is 3.89. The second kappa shape index (κ2) is 3.93. The Morgan fingerprint density at radius 2 is 2.00 bits per heavy atom. The highest BCUT2D eigenvalue weighted by atomic mass is 35.5. The van der Waals surface area contributed by atoms with Crippen LogP contribution >= 0.6 is 11.6 Å². The van der Waals surface area contributed by atoms with Crippen molar-refractivity contribution in [2.75, 3.05) is 17.9 Å². The van der Waals surface area contributed by atoms with Crippen molar-refractivity contribution in [3.63, 3.8) is 0 Å². The van der Waals surface area contributed by atoms with Gasteiger partial charge in [0, 0.05) is 12.7 Å². The fraction of sp³-hybridized carbons (Fsp3) is 0.800. The zero-order valence-corrected chi connectivity index (χ0v) is 7.20. The van der Waals surface area contributed by atoms with Crippen molar-refractivity contribution in [2.45, 2.75) is 6.42 Å². The fourth-order valence-corrected chi connectivity index (χ4v) is 1.10. The first-order valence-electron chi connectivity index (χ1n) is 2.71. The average molecular weight is 185 g/mol. The quantitative estimate of drug-likeness (QED) is 0.588. The lowest BCUT2D eigenvalue weighted by atomic mass is 10.3. The van der Waals surface area contributed by atoms with Crippen molar-refractivity contribution in [1.29, 1.82) is 0 Å². The first-order valence-corrected chi connectivity index (χ1v) is 5.30. The Morgan fingerprint density at radius 1 is 1.50 bits per heavy atom. The van der Waals surface area contributed by atoms with E-state index in [-0.39, 0.29) is 23.8 Å². The summed E-state index contributed by atoms with van der Waals surface area (Å²) >= 11 is 5.14. The predicted octanol–water partition coefficient (Wildman–Crippen LogP) is 0.229. The fourth-order valence-electron chi connectivity index (χ4n) is 0.366. The number of Topliss-reactive ketones (excluding diaryl/α,β-unsaturated/α-hetero) is 1. The molecule has 10 heavy (non-hydrogen) atoms. The zero-order valence-electron chi connectivity index (χ0n) is 5.63. The average Bonchev–Trinajstić information content (AvgIpc) is 1.81. The summed E-state index contributed by atoms with van der Waals surface area (Å²) in [6.07, 6.45) is 1.12. The van der Waals surface area contributed by atoms with E-state index in [2.05, 4.69) is 0 Å². The van der Waals surface area contributed by atoms with Gasteiger partial charge >= 0.3 is 0 Å². The molecule has 5 heteroatoms. The molecule has 0 amide bonds. The van der Waals surface area contributed by atoms with Crippen LogP contribution in [0.3, 0.4) is 0 Å². The van der Waals surface area contributed by atoms with Crippen molar-refractivity contribution in [3.8, 4) is 0 Å². The van der Waals surface area contributed by atoms with Crippen molar-refractivity contribution in [2.24, 2.45) is 0 Å². The largest absolute Gasteiger partial charge is 0.298 e. The van der Waals surface area contributed by atoms with Gasteiger partial charge in [-0.3, -0.25) is 4.79 Å². The summed E-state index contributed by atoms with van der Waals surface area (Å²) in [5.74, 6) is -0.430. The van der Waals surface area contributed by atoms with Gasteiger partial charge in [0.2, 0.25) is 0 Å². The maximum atomic E-state index is 10.5. The summed E-state index contributed by atoms with van der Waals surface area (Å²) in [6, 6.07) is 0. The number of hydrogen-bond donors (Lipinski definition) is 0. The summed E-state index contributed by atoms with van der Waals surface area (Å²) in [5.41, 5.74) is 0. The first kappa shape index (κ1) is 9.91. The highest BCUT2D eigenvalue weighted by molar-refractivity contribution is 7.90. The molecule has 0 bridgehead atoms. The van der Waals surface area contributed by atoms with Crippen LogP contribution in [0.5, 0.6) is 0 Å². The van der Waals surface area contributed by atoms with Crippen molar-refractivity contribution < 1.29 is 13.2 Å². The van der Waals surface area contributed by atoms with E-state index in [9.17, 15) is 13.2 Å². The van der Waals surface area contributed by atoms with Crippen LogP contribution in [0, 0.1) is 0 Å². The van der Waals surface area contributed by atoms with Crippen LogP contribution in [0.1, 0.15) is 6.42 Å². The van der Waals surface area contributed by atoms with Crippen molar-refractivity contribution in [1.82, 2.24) is 0 Å². The minimum absolute atomic E-state index is 0.0301. The Labute approximate surface area is 65.3 Å². The molecule has 0 rings (SSSR count). The van der Waals surface area contributed by atoms with Gasteiger partial charge in [0.15, 0.2) is 0 Å². The molecule has 0 N–H and O–H groups in total. The third-order valence-corrected chi connectivity index (χ3v) is 2.14. The summed E-state index contributed by atoms with van der Waals surface area (Å²) in [7, 11) is -3.01. The van der Waals surface area contributed by atoms with Crippen LogP contribution in [0.25, 0.3) is 0 Å². The molecule has 0 fully saturated rings. The molecule has 0 heterocycles. The van der Waals surface area contributed by atoms with Crippen LogP contribution in [0.15, 0.2) is 0 Å². The molecule has 60 valence electrons. The molecule has 0 atom stereocenters.